The van der Waals surface area contributed by atoms with E-state index in [1.54, 1.807) is 0 Å². The van der Waals surface area contributed by atoms with Gasteiger partial charge in [-0.1, -0.05) is 75.1 Å². The molecule has 0 fully saturated rings. The Labute approximate surface area is 138 Å². The Morgan fingerprint density at radius 2 is 1.38 bits per heavy atom. The van der Waals surface area contributed by atoms with Crippen LogP contribution in [0.25, 0.3) is 0 Å². The molecule has 1 aromatic rings. The van der Waals surface area contributed by atoms with Crippen LogP contribution in [0.15, 0.2) is 66.8 Å². The number of hydrogen-bond acceptors (Lipinski definition) is 0. The average Bonchev–Trinajstić information content (AvgIpc) is 2.48. The molecule has 24 heavy (non-hydrogen) atoms. The molecule has 0 nitrogen and oxygen atoms in total. The third-order valence-corrected chi connectivity index (χ3v) is 3.13. The average molecular weight is 350 g/mol. The minimum absolute atomic E-state index is 0.730. The van der Waals surface area contributed by atoms with Crippen molar-refractivity contribution in [2.75, 3.05) is 0 Å². The first-order valence-corrected chi connectivity index (χ1v) is 7.27. The zero-order valence-electron chi connectivity index (χ0n) is 13.7. The standard InChI is InChI=1S/C16H14F6.C2H6/c1-3-8-12(9-4-2)14(15(17,18)19,16(20,21)22)13-10-6-5-7-11-13;1-2/h3-11H,1H2,2H3;1-2H3/b9-4-,12-8+;. The summed E-state index contributed by atoms with van der Waals surface area (Å²) in [6.07, 6.45) is -7.57. The lowest BCUT2D eigenvalue weighted by atomic mass is 9.72. The number of hydrogen-bond donors (Lipinski definition) is 0. The van der Waals surface area contributed by atoms with Gasteiger partial charge in [-0.25, -0.2) is 0 Å². The zero-order chi connectivity index (χ0) is 19.0. The molecule has 0 saturated heterocycles. The van der Waals surface area contributed by atoms with Crippen molar-refractivity contribution in [2.24, 2.45) is 0 Å². The maximum atomic E-state index is 13.6. The van der Waals surface area contributed by atoms with Gasteiger partial charge in [0.05, 0.1) is 0 Å². The van der Waals surface area contributed by atoms with Crippen molar-refractivity contribution in [3.05, 3.63) is 72.4 Å². The van der Waals surface area contributed by atoms with E-state index >= 15 is 0 Å². The Morgan fingerprint density at radius 3 is 1.71 bits per heavy atom. The highest BCUT2D eigenvalue weighted by Crippen LogP contribution is 2.56. The number of alkyl halides is 6. The molecule has 0 heterocycles. The molecule has 0 N–H and O–H groups in total. The van der Waals surface area contributed by atoms with Gasteiger partial charge in [0.25, 0.3) is 0 Å². The van der Waals surface area contributed by atoms with Crippen molar-refractivity contribution in [3.63, 3.8) is 0 Å². The van der Waals surface area contributed by atoms with Crippen LogP contribution in [0.3, 0.4) is 0 Å². The molecular weight excluding hydrogens is 330 g/mol. The van der Waals surface area contributed by atoms with Crippen molar-refractivity contribution in [2.45, 2.75) is 38.5 Å². The van der Waals surface area contributed by atoms with Crippen LogP contribution >= 0.6 is 0 Å². The van der Waals surface area contributed by atoms with Gasteiger partial charge in [0.15, 0.2) is 0 Å². The van der Waals surface area contributed by atoms with Crippen LogP contribution in [0.2, 0.25) is 0 Å². The van der Waals surface area contributed by atoms with E-state index in [1.807, 2.05) is 13.8 Å². The summed E-state index contributed by atoms with van der Waals surface area (Å²) in [6.45, 7) is 8.56. The van der Waals surface area contributed by atoms with Crippen molar-refractivity contribution >= 4 is 0 Å². The maximum absolute atomic E-state index is 13.6. The molecule has 0 amide bonds. The Bertz CT molecular complexity index is 547. The lowest BCUT2D eigenvalue weighted by molar-refractivity contribution is -0.288. The van der Waals surface area contributed by atoms with Crippen LogP contribution in [0, 0.1) is 0 Å². The predicted octanol–water partition coefficient (Wildman–Crippen LogP) is 6.76. The first kappa shape index (κ1) is 22.0. The molecule has 134 valence electrons. The van der Waals surface area contributed by atoms with E-state index in [-0.39, 0.29) is 0 Å². The Kier molecular flexibility index (Phi) is 8.03. The Hall–Kier alpha value is -1.98. The van der Waals surface area contributed by atoms with Gasteiger partial charge in [-0.15, -0.1) is 0 Å². The van der Waals surface area contributed by atoms with E-state index < -0.39 is 28.9 Å². The van der Waals surface area contributed by atoms with Crippen LogP contribution in [0.4, 0.5) is 26.3 Å². The van der Waals surface area contributed by atoms with E-state index in [9.17, 15) is 26.3 Å². The molecule has 0 aliphatic carbocycles. The summed E-state index contributed by atoms with van der Waals surface area (Å²) in [4.78, 5) is 0. The molecule has 0 atom stereocenters. The quantitative estimate of drug-likeness (QED) is 0.415. The molecule has 0 radical (unpaired) electrons. The second kappa shape index (κ2) is 8.76. The first-order valence-electron chi connectivity index (χ1n) is 7.27. The largest absolute Gasteiger partial charge is 0.411 e. The normalized spacial score (nSPS) is 13.5. The maximum Gasteiger partial charge on any atom is 0.411 e. The van der Waals surface area contributed by atoms with Gasteiger partial charge in [0.2, 0.25) is 5.41 Å². The molecule has 0 spiro atoms. The molecule has 6 heteroatoms. The fourth-order valence-corrected chi connectivity index (χ4v) is 2.28. The van der Waals surface area contributed by atoms with Gasteiger partial charge in [-0.2, -0.15) is 26.3 Å². The minimum atomic E-state index is -5.57. The predicted molar refractivity (Wildman–Crippen MR) is 84.7 cm³/mol. The zero-order valence-corrected chi connectivity index (χ0v) is 13.7. The smallest absolute Gasteiger partial charge is 0.169 e. The summed E-state index contributed by atoms with van der Waals surface area (Å²) in [5.74, 6) is 0. The van der Waals surface area contributed by atoms with Gasteiger partial charge < -0.3 is 0 Å². The molecule has 0 unspecified atom stereocenters. The topological polar surface area (TPSA) is 0 Å². The summed E-state index contributed by atoms with van der Waals surface area (Å²) in [5, 5.41) is 0. The molecular formula is C18H20F6. The Balaban J connectivity index is 0.00000254. The van der Waals surface area contributed by atoms with E-state index in [0.717, 1.165) is 48.6 Å². The number of benzene rings is 1. The molecule has 0 saturated carbocycles. The van der Waals surface area contributed by atoms with E-state index in [0.29, 0.717) is 0 Å². The SMILES string of the molecule is C=C/C=C(\C=C/C)C(c1ccccc1)(C(F)(F)F)C(F)(F)F.CC. The highest BCUT2D eigenvalue weighted by atomic mass is 19.4. The number of allylic oxidation sites excluding steroid dienone is 5. The number of halogens is 6. The molecule has 0 aliphatic rings. The lowest BCUT2D eigenvalue weighted by Gasteiger charge is -2.39. The monoisotopic (exact) mass is 350 g/mol. The van der Waals surface area contributed by atoms with E-state index in [1.165, 1.54) is 13.0 Å². The lowest BCUT2D eigenvalue weighted by Crippen LogP contribution is -2.55. The molecule has 0 aromatic heterocycles. The molecule has 1 aromatic carbocycles. The second-order valence-electron chi connectivity index (χ2n) is 4.47. The van der Waals surface area contributed by atoms with Gasteiger partial charge in [-0.05, 0) is 18.1 Å². The van der Waals surface area contributed by atoms with Crippen molar-refractivity contribution in [1.82, 2.24) is 0 Å². The van der Waals surface area contributed by atoms with E-state index in [2.05, 4.69) is 6.58 Å². The van der Waals surface area contributed by atoms with Gasteiger partial charge in [0.1, 0.15) is 0 Å². The summed E-state index contributed by atoms with van der Waals surface area (Å²) in [6, 6.07) is 5.28. The minimum Gasteiger partial charge on any atom is -0.169 e. The highest BCUT2D eigenvalue weighted by Gasteiger charge is 2.72. The van der Waals surface area contributed by atoms with Crippen LogP contribution in [0.1, 0.15) is 26.3 Å². The van der Waals surface area contributed by atoms with Gasteiger partial charge in [-0.3, -0.25) is 0 Å². The summed E-state index contributed by atoms with van der Waals surface area (Å²) in [7, 11) is 0. The summed E-state index contributed by atoms with van der Waals surface area (Å²) >= 11 is 0. The fourth-order valence-electron chi connectivity index (χ4n) is 2.28. The summed E-state index contributed by atoms with van der Waals surface area (Å²) in [5.41, 5.74) is -5.93. The molecule has 0 bridgehead atoms. The third-order valence-electron chi connectivity index (χ3n) is 3.13. The van der Waals surface area contributed by atoms with Crippen molar-refractivity contribution < 1.29 is 26.3 Å². The van der Waals surface area contributed by atoms with Crippen molar-refractivity contribution in [3.8, 4) is 0 Å². The van der Waals surface area contributed by atoms with Crippen molar-refractivity contribution in [1.29, 1.82) is 0 Å². The van der Waals surface area contributed by atoms with E-state index in [4.69, 9.17) is 0 Å². The van der Waals surface area contributed by atoms with Crippen LogP contribution in [-0.4, -0.2) is 12.4 Å². The first-order chi connectivity index (χ1) is 11.1. The fraction of sp³-hybridized carbons (Fsp3) is 0.333. The van der Waals surface area contributed by atoms with Crippen LogP contribution < -0.4 is 0 Å². The van der Waals surface area contributed by atoms with Gasteiger partial charge >= 0.3 is 12.4 Å². The second-order valence-corrected chi connectivity index (χ2v) is 4.47. The van der Waals surface area contributed by atoms with Gasteiger partial charge in [0, 0.05) is 0 Å². The van der Waals surface area contributed by atoms with Crippen LogP contribution in [0.5, 0.6) is 0 Å². The Morgan fingerprint density at radius 1 is 0.917 bits per heavy atom. The van der Waals surface area contributed by atoms with Crippen LogP contribution in [-0.2, 0) is 5.41 Å². The third kappa shape index (κ3) is 4.10. The number of rotatable bonds is 4. The molecule has 0 aliphatic heterocycles. The highest BCUT2D eigenvalue weighted by molar-refractivity contribution is 5.47. The molecule has 1 rings (SSSR count). The summed E-state index contributed by atoms with van der Waals surface area (Å²) < 4.78 is 81.7.